The number of benzene rings is 1. The number of hydrogen-bond donors (Lipinski definition) is 1. The van der Waals surface area contributed by atoms with Gasteiger partial charge in [0.25, 0.3) is 0 Å². The molecule has 1 N–H and O–H groups in total. The molecule has 0 aliphatic rings. The van der Waals surface area contributed by atoms with E-state index in [1.807, 2.05) is 24.3 Å². The Labute approximate surface area is 89.9 Å². The van der Waals surface area contributed by atoms with Crippen molar-refractivity contribution in [3.63, 3.8) is 0 Å². The highest BCUT2D eigenvalue weighted by Gasteiger charge is 1.94. The van der Waals surface area contributed by atoms with Gasteiger partial charge in [-0.1, -0.05) is 12.1 Å². The minimum absolute atomic E-state index is 0.0580. The molecule has 0 fully saturated rings. The molecule has 0 atom stereocenters. The molecule has 0 saturated carbocycles. The fraction of sp³-hybridized carbons (Fsp3) is 0.417. The molecule has 0 amide bonds. The Bertz CT molecular complexity index is 313. The van der Waals surface area contributed by atoms with Gasteiger partial charge in [0.1, 0.15) is 5.75 Å². The first-order chi connectivity index (χ1) is 7.36. The molecule has 1 aromatic carbocycles. The third-order valence-corrected chi connectivity index (χ3v) is 2.06. The minimum Gasteiger partial charge on any atom is -0.494 e. The first-order valence-corrected chi connectivity index (χ1v) is 5.06. The van der Waals surface area contributed by atoms with Gasteiger partial charge in [-0.15, -0.1) is 0 Å². The molecule has 0 radical (unpaired) electrons. The van der Waals surface area contributed by atoms with Gasteiger partial charge >= 0.3 is 0 Å². The molecule has 1 rings (SSSR count). The van der Waals surface area contributed by atoms with Crippen LogP contribution in [0.15, 0.2) is 24.3 Å². The first kappa shape index (κ1) is 11.5. The van der Waals surface area contributed by atoms with Crippen molar-refractivity contribution in [2.75, 3.05) is 6.61 Å². The van der Waals surface area contributed by atoms with Crippen molar-refractivity contribution in [3.8, 4) is 11.8 Å². The van der Waals surface area contributed by atoms with Crippen LogP contribution >= 0.6 is 0 Å². The summed E-state index contributed by atoms with van der Waals surface area (Å²) >= 11 is 0. The average Bonchev–Trinajstić information content (AvgIpc) is 2.30. The zero-order valence-electron chi connectivity index (χ0n) is 8.65. The second-order valence-corrected chi connectivity index (χ2v) is 3.27. The maximum Gasteiger partial charge on any atom is 0.119 e. The van der Waals surface area contributed by atoms with E-state index in [-0.39, 0.29) is 6.61 Å². The lowest BCUT2D eigenvalue weighted by atomic mass is 10.2. The molecule has 0 unspecified atom stereocenters. The van der Waals surface area contributed by atoms with E-state index in [0.29, 0.717) is 13.0 Å². The zero-order chi connectivity index (χ0) is 10.9. The minimum atomic E-state index is 0.0580. The molecule has 80 valence electrons. The highest BCUT2D eigenvalue weighted by Crippen LogP contribution is 2.12. The van der Waals surface area contributed by atoms with Gasteiger partial charge in [-0.05, 0) is 30.5 Å². The van der Waals surface area contributed by atoms with Crippen LogP contribution in [0.5, 0.6) is 5.75 Å². The molecule has 0 saturated heterocycles. The summed E-state index contributed by atoms with van der Waals surface area (Å²) in [6.45, 7) is 0.697. The lowest BCUT2D eigenvalue weighted by Crippen LogP contribution is -1.97. The molecule has 3 nitrogen and oxygen atoms in total. The van der Waals surface area contributed by atoms with E-state index >= 15 is 0 Å². The fourth-order valence-corrected chi connectivity index (χ4v) is 1.19. The van der Waals surface area contributed by atoms with Gasteiger partial charge in [-0.3, -0.25) is 0 Å². The third kappa shape index (κ3) is 4.48. The van der Waals surface area contributed by atoms with Crippen LogP contribution in [-0.4, -0.2) is 11.7 Å². The van der Waals surface area contributed by atoms with E-state index in [9.17, 15) is 0 Å². The van der Waals surface area contributed by atoms with Crippen LogP contribution in [0.4, 0.5) is 0 Å². The number of aliphatic hydroxyl groups is 1. The predicted molar refractivity (Wildman–Crippen MR) is 57.3 cm³/mol. The van der Waals surface area contributed by atoms with Gasteiger partial charge in [-0.25, -0.2) is 0 Å². The van der Waals surface area contributed by atoms with E-state index in [2.05, 4.69) is 6.07 Å². The Kier molecular flexibility index (Phi) is 5.28. The number of nitriles is 1. The van der Waals surface area contributed by atoms with Crippen molar-refractivity contribution in [2.45, 2.75) is 25.9 Å². The van der Waals surface area contributed by atoms with Crippen molar-refractivity contribution in [2.24, 2.45) is 0 Å². The lowest BCUT2D eigenvalue weighted by Gasteiger charge is -2.05. The second-order valence-electron chi connectivity index (χ2n) is 3.27. The quantitative estimate of drug-likeness (QED) is 0.725. The lowest BCUT2D eigenvalue weighted by molar-refractivity contribution is 0.281. The number of rotatable bonds is 6. The van der Waals surface area contributed by atoms with E-state index in [0.717, 1.165) is 24.2 Å². The Morgan fingerprint density at radius 1 is 1.20 bits per heavy atom. The molecule has 0 spiro atoms. The maximum absolute atomic E-state index is 8.83. The van der Waals surface area contributed by atoms with Crippen LogP contribution in [0.2, 0.25) is 0 Å². The van der Waals surface area contributed by atoms with Crippen molar-refractivity contribution in [1.82, 2.24) is 0 Å². The van der Waals surface area contributed by atoms with Crippen LogP contribution in [0, 0.1) is 11.3 Å². The molecule has 0 aromatic heterocycles. The van der Waals surface area contributed by atoms with Gasteiger partial charge in [-0.2, -0.15) is 5.26 Å². The normalized spacial score (nSPS) is 9.60. The van der Waals surface area contributed by atoms with Gasteiger partial charge in [0.2, 0.25) is 0 Å². The highest BCUT2D eigenvalue weighted by atomic mass is 16.5. The van der Waals surface area contributed by atoms with Gasteiger partial charge in [0.05, 0.1) is 19.3 Å². The van der Waals surface area contributed by atoms with Crippen molar-refractivity contribution in [3.05, 3.63) is 29.8 Å². The predicted octanol–water partition coefficient (Wildman–Crippen LogP) is 2.25. The molecular weight excluding hydrogens is 190 g/mol. The van der Waals surface area contributed by atoms with Crippen molar-refractivity contribution < 1.29 is 9.84 Å². The maximum atomic E-state index is 8.83. The molecule has 0 heterocycles. The summed E-state index contributed by atoms with van der Waals surface area (Å²) in [7, 11) is 0. The number of aliphatic hydroxyl groups excluding tert-OH is 1. The van der Waals surface area contributed by atoms with Crippen LogP contribution < -0.4 is 4.74 Å². The largest absolute Gasteiger partial charge is 0.494 e. The second kappa shape index (κ2) is 6.86. The standard InChI is InChI=1S/C12H15NO2/c13-8-2-1-3-9-15-12-6-4-11(10-14)5-7-12/h4-7,14H,1-3,9-10H2. The topological polar surface area (TPSA) is 53.2 Å². The van der Waals surface area contributed by atoms with Crippen molar-refractivity contribution >= 4 is 0 Å². The van der Waals surface area contributed by atoms with Crippen LogP contribution in [0.25, 0.3) is 0 Å². The molecule has 15 heavy (non-hydrogen) atoms. The van der Waals surface area contributed by atoms with E-state index in [1.54, 1.807) is 0 Å². The van der Waals surface area contributed by atoms with Crippen LogP contribution in [-0.2, 0) is 6.61 Å². The Morgan fingerprint density at radius 2 is 1.93 bits per heavy atom. The van der Waals surface area contributed by atoms with E-state index < -0.39 is 0 Å². The summed E-state index contributed by atoms with van der Waals surface area (Å²) in [5.41, 5.74) is 0.881. The average molecular weight is 205 g/mol. The molecule has 1 aromatic rings. The number of nitrogens with zero attached hydrogens (tertiary/aromatic N) is 1. The molecule has 0 bridgehead atoms. The molecule has 0 aliphatic heterocycles. The summed E-state index contributed by atoms with van der Waals surface area (Å²) in [5, 5.41) is 17.2. The van der Waals surface area contributed by atoms with E-state index in [4.69, 9.17) is 15.1 Å². The van der Waals surface area contributed by atoms with E-state index in [1.165, 1.54) is 0 Å². The van der Waals surface area contributed by atoms with Gasteiger partial charge in [0, 0.05) is 6.42 Å². The monoisotopic (exact) mass is 205 g/mol. The number of unbranched alkanes of at least 4 members (excludes halogenated alkanes) is 2. The van der Waals surface area contributed by atoms with Crippen LogP contribution in [0.3, 0.4) is 0 Å². The van der Waals surface area contributed by atoms with Gasteiger partial charge in [0.15, 0.2) is 0 Å². The number of hydrogen-bond acceptors (Lipinski definition) is 3. The fourth-order valence-electron chi connectivity index (χ4n) is 1.19. The smallest absolute Gasteiger partial charge is 0.119 e. The molecule has 0 aliphatic carbocycles. The third-order valence-electron chi connectivity index (χ3n) is 2.06. The SMILES string of the molecule is N#CCCCCOc1ccc(CO)cc1. The summed E-state index contributed by atoms with van der Waals surface area (Å²) < 4.78 is 5.46. The molecule has 3 heteroatoms. The summed E-state index contributed by atoms with van der Waals surface area (Å²) in [6, 6.07) is 9.46. The number of ether oxygens (including phenoxy) is 1. The Morgan fingerprint density at radius 3 is 2.53 bits per heavy atom. The zero-order valence-corrected chi connectivity index (χ0v) is 8.65. The highest BCUT2D eigenvalue weighted by molar-refractivity contribution is 5.26. The summed E-state index contributed by atoms with van der Waals surface area (Å²) in [6.07, 6.45) is 2.37. The van der Waals surface area contributed by atoms with Crippen molar-refractivity contribution in [1.29, 1.82) is 5.26 Å². The van der Waals surface area contributed by atoms with Crippen LogP contribution in [0.1, 0.15) is 24.8 Å². The first-order valence-electron chi connectivity index (χ1n) is 5.06. The molecular formula is C12H15NO2. The van der Waals surface area contributed by atoms with Gasteiger partial charge < -0.3 is 9.84 Å². The summed E-state index contributed by atoms with van der Waals surface area (Å²) in [4.78, 5) is 0. The summed E-state index contributed by atoms with van der Waals surface area (Å²) in [5.74, 6) is 0.809. The Hall–Kier alpha value is -1.53. The Balaban J connectivity index is 2.23.